The first kappa shape index (κ1) is 18.6. The van der Waals surface area contributed by atoms with Gasteiger partial charge in [-0.2, -0.15) is 18.4 Å². The maximum Gasteiger partial charge on any atom is 0.416 e. The average Bonchev–Trinajstić information content (AvgIpc) is 3.32. The number of fused-ring (bicyclic) bond motifs is 1. The van der Waals surface area contributed by atoms with E-state index in [1.807, 2.05) is 25.1 Å². The summed E-state index contributed by atoms with van der Waals surface area (Å²) < 4.78 is 44.4. The van der Waals surface area contributed by atoms with Crippen LogP contribution in [0.15, 0.2) is 59.0 Å². The first-order valence-corrected chi connectivity index (χ1v) is 8.69. The third kappa shape index (κ3) is 3.78. The van der Waals surface area contributed by atoms with Gasteiger partial charge in [0.2, 0.25) is 0 Å². The Balaban J connectivity index is 1.68. The van der Waals surface area contributed by atoms with Crippen LogP contribution in [0.5, 0.6) is 0 Å². The number of hydrogen-bond acceptors (Lipinski definition) is 3. The largest absolute Gasteiger partial charge is 0.457 e. The molecule has 0 aliphatic rings. The average molecular weight is 393 g/mol. The van der Waals surface area contributed by atoms with Crippen molar-refractivity contribution in [3.05, 3.63) is 77.3 Å². The number of furan rings is 1. The van der Waals surface area contributed by atoms with Gasteiger partial charge in [0.15, 0.2) is 0 Å². The van der Waals surface area contributed by atoms with Crippen LogP contribution in [0.3, 0.4) is 0 Å². The van der Waals surface area contributed by atoms with E-state index in [0.29, 0.717) is 17.1 Å². The Morgan fingerprint density at radius 2 is 1.97 bits per heavy atom. The molecule has 0 saturated carbocycles. The van der Waals surface area contributed by atoms with Crippen LogP contribution in [0.2, 0.25) is 0 Å². The molecular formula is C22H14F3N3O. The fourth-order valence-corrected chi connectivity index (χ4v) is 2.98. The summed E-state index contributed by atoms with van der Waals surface area (Å²) in [6.07, 6.45) is -2.93. The number of nitrogens with one attached hydrogen (secondary N) is 1. The van der Waals surface area contributed by atoms with E-state index in [1.165, 1.54) is 18.2 Å². The predicted molar refractivity (Wildman–Crippen MR) is 103 cm³/mol. The Bertz CT molecular complexity index is 1270. The summed E-state index contributed by atoms with van der Waals surface area (Å²) in [6, 6.07) is 15.9. The van der Waals surface area contributed by atoms with Crippen molar-refractivity contribution in [2.24, 2.45) is 0 Å². The van der Waals surface area contributed by atoms with Crippen molar-refractivity contribution >= 4 is 22.7 Å². The Morgan fingerprint density at radius 3 is 2.72 bits per heavy atom. The summed E-state index contributed by atoms with van der Waals surface area (Å²) in [5.41, 5.74) is 2.41. The Kier molecular flexibility index (Phi) is 4.47. The van der Waals surface area contributed by atoms with Crippen molar-refractivity contribution in [1.29, 1.82) is 5.26 Å². The fraction of sp³-hybridized carbons (Fsp3) is 0.0909. The molecule has 0 bridgehead atoms. The molecule has 29 heavy (non-hydrogen) atoms. The molecule has 4 rings (SSSR count). The summed E-state index contributed by atoms with van der Waals surface area (Å²) in [7, 11) is 0. The molecule has 4 nitrogen and oxygen atoms in total. The SMILES string of the molecule is Cc1ccc2nc(/C(C#N)=C/c3ccc(-c4cccc(C(F)(F)F)c4)o3)[nH]c2c1. The van der Waals surface area contributed by atoms with E-state index >= 15 is 0 Å². The van der Waals surface area contributed by atoms with E-state index in [9.17, 15) is 18.4 Å². The van der Waals surface area contributed by atoms with Crippen LogP contribution < -0.4 is 0 Å². The first-order valence-electron chi connectivity index (χ1n) is 8.69. The molecule has 144 valence electrons. The number of allylic oxidation sites excluding steroid dienone is 1. The van der Waals surface area contributed by atoms with Crippen LogP contribution >= 0.6 is 0 Å². The zero-order valence-corrected chi connectivity index (χ0v) is 15.2. The highest BCUT2D eigenvalue weighted by Gasteiger charge is 2.30. The van der Waals surface area contributed by atoms with Crippen molar-refractivity contribution in [3.63, 3.8) is 0 Å². The monoisotopic (exact) mass is 393 g/mol. The molecule has 7 heteroatoms. The van der Waals surface area contributed by atoms with Gasteiger partial charge < -0.3 is 9.40 Å². The molecule has 4 aromatic rings. The van der Waals surface area contributed by atoms with E-state index in [1.54, 1.807) is 12.1 Å². The van der Waals surface area contributed by atoms with Gasteiger partial charge in [-0.05, 0) is 48.9 Å². The van der Waals surface area contributed by atoms with Gasteiger partial charge >= 0.3 is 6.18 Å². The quantitative estimate of drug-likeness (QED) is 0.421. The first-order chi connectivity index (χ1) is 13.8. The van der Waals surface area contributed by atoms with Crippen LogP contribution in [0, 0.1) is 18.3 Å². The van der Waals surface area contributed by atoms with Gasteiger partial charge in [-0.1, -0.05) is 18.2 Å². The number of imidazole rings is 1. The summed E-state index contributed by atoms with van der Waals surface area (Å²) >= 11 is 0. The van der Waals surface area contributed by atoms with Gasteiger partial charge in [0, 0.05) is 11.6 Å². The third-order valence-corrected chi connectivity index (χ3v) is 4.40. The van der Waals surface area contributed by atoms with Crippen molar-refractivity contribution in [2.75, 3.05) is 0 Å². The smallest absolute Gasteiger partial charge is 0.416 e. The Morgan fingerprint density at radius 1 is 1.14 bits per heavy atom. The number of nitrogens with zero attached hydrogens (tertiary/aromatic N) is 2. The lowest BCUT2D eigenvalue weighted by Gasteiger charge is -2.07. The standard InChI is InChI=1S/C22H14F3N3O/c1-13-5-7-18-19(9-13)28-21(27-18)15(12-26)11-17-6-8-20(29-17)14-3-2-4-16(10-14)22(23,24)25/h2-11H,1H3,(H,27,28)/b15-11+. The number of rotatable bonds is 3. The Labute approximate surface area is 163 Å². The van der Waals surface area contributed by atoms with E-state index < -0.39 is 11.7 Å². The molecule has 2 aromatic carbocycles. The molecule has 0 unspecified atom stereocenters. The van der Waals surface area contributed by atoms with Gasteiger partial charge in [0.25, 0.3) is 0 Å². The van der Waals surface area contributed by atoms with Crippen LogP contribution in [0.1, 0.15) is 22.7 Å². The molecule has 0 aliphatic heterocycles. The highest BCUT2D eigenvalue weighted by atomic mass is 19.4. The number of benzene rings is 2. The zero-order chi connectivity index (χ0) is 20.6. The molecule has 0 spiro atoms. The lowest BCUT2D eigenvalue weighted by molar-refractivity contribution is -0.137. The molecule has 0 saturated heterocycles. The number of aromatic nitrogens is 2. The Hall–Kier alpha value is -3.79. The molecule has 1 N–H and O–H groups in total. The second kappa shape index (κ2) is 6.99. The fourth-order valence-electron chi connectivity index (χ4n) is 2.98. The minimum Gasteiger partial charge on any atom is -0.457 e. The van der Waals surface area contributed by atoms with E-state index in [2.05, 4.69) is 16.0 Å². The maximum atomic E-state index is 12.9. The molecule has 0 radical (unpaired) electrons. The number of alkyl halides is 3. The molecule has 2 aromatic heterocycles. The minimum atomic E-state index is -4.43. The van der Waals surface area contributed by atoms with Crippen molar-refractivity contribution in [1.82, 2.24) is 9.97 Å². The lowest BCUT2D eigenvalue weighted by atomic mass is 10.1. The second-order valence-electron chi connectivity index (χ2n) is 6.56. The molecule has 0 amide bonds. The van der Waals surface area contributed by atoms with Crippen LogP contribution in [-0.2, 0) is 6.18 Å². The van der Waals surface area contributed by atoms with Crippen LogP contribution in [0.4, 0.5) is 13.2 Å². The topological polar surface area (TPSA) is 65.6 Å². The molecule has 0 fully saturated rings. The predicted octanol–water partition coefficient (Wildman–Crippen LogP) is 6.21. The molecule has 0 atom stereocenters. The summed E-state index contributed by atoms with van der Waals surface area (Å²) in [5.74, 6) is 1.01. The number of aryl methyl sites for hydroxylation is 1. The maximum absolute atomic E-state index is 12.9. The third-order valence-electron chi connectivity index (χ3n) is 4.40. The molecule has 2 heterocycles. The normalized spacial score (nSPS) is 12.3. The van der Waals surface area contributed by atoms with Gasteiger partial charge in [-0.15, -0.1) is 0 Å². The van der Waals surface area contributed by atoms with Crippen molar-refractivity contribution < 1.29 is 17.6 Å². The van der Waals surface area contributed by atoms with Crippen molar-refractivity contribution in [2.45, 2.75) is 13.1 Å². The number of hydrogen-bond donors (Lipinski definition) is 1. The number of H-pyrrole nitrogens is 1. The summed E-state index contributed by atoms with van der Waals surface area (Å²) in [5, 5.41) is 9.53. The van der Waals surface area contributed by atoms with Crippen molar-refractivity contribution in [3.8, 4) is 17.4 Å². The van der Waals surface area contributed by atoms with Crippen LogP contribution in [0.25, 0.3) is 34.0 Å². The molecule has 0 aliphatic carbocycles. The minimum absolute atomic E-state index is 0.254. The van der Waals surface area contributed by atoms with Gasteiger partial charge in [0.05, 0.1) is 22.2 Å². The highest BCUT2D eigenvalue weighted by Crippen LogP contribution is 2.33. The lowest BCUT2D eigenvalue weighted by Crippen LogP contribution is -2.04. The van der Waals surface area contributed by atoms with E-state index in [-0.39, 0.29) is 11.3 Å². The van der Waals surface area contributed by atoms with Gasteiger partial charge in [-0.25, -0.2) is 4.98 Å². The number of halogens is 3. The number of aromatic amines is 1. The summed E-state index contributed by atoms with van der Waals surface area (Å²) in [6.45, 7) is 1.96. The highest BCUT2D eigenvalue weighted by molar-refractivity contribution is 5.89. The van der Waals surface area contributed by atoms with E-state index in [0.717, 1.165) is 28.7 Å². The second-order valence-corrected chi connectivity index (χ2v) is 6.56. The van der Waals surface area contributed by atoms with E-state index in [4.69, 9.17) is 4.42 Å². The zero-order valence-electron chi connectivity index (χ0n) is 15.2. The van der Waals surface area contributed by atoms with Crippen LogP contribution in [-0.4, -0.2) is 9.97 Å². The van der Waals surface area contributed by atoms with Gasteiger partial charge in [0.1, 0.15) is 23.4 Å². The van der Waals surface area contributed by atoms with Gasteiger partial charge in [-0.3, -0.25) is 0 Å². The molecular weight excluding hydrogens is 379 g/mol. The summed E-state index contributed by atoms with van der Waals surface area (Å²) in [4.78, 5) is 7.51. The number of nitriles is 1.